The Morgan fingerprint density at radius 1 is 1.43 bits per heavy atom. The molecule has 130 valence electrons. The molecule has 1 aromatic rings. The van der Waals surface area contributed by atoms with E-state index in [9.17, 15) is 4.79 Å². The Balaban J connectivity index is 1.95. The lowest BCUT2D eigenvalue weighted by Crippen LogP contribution is -2.41. The number of hydrogen-bond acceptors (Lipinski definition) is 3. The Bertz CT molecular complexity index is 522. The zero-order valence-electron chi connectivity index (χ0n) is 15.1. The minimum Gasteiger partial charge on any atom is -0.378 e. The molecular formula is C18H31N3O2. The van der Waals surface area contributed by atoms with Crippen LogP contribution in [0, 0.1) is 24.7 Å². The van der Waals surface area contributed by atoms with Crippen LogP contribution in [0.15, 0.2) is 6.20 Å². The van der Waals surface area contributed by atoms with Crippen molar-refractivity contribution in [3.63, 3.8) is 0 Å². The van der Waals surface area contributed by atoms with Crippen LogP contribution in [0.1, 0.15) is 56.6 Å². The molecule has 0 aliphatic carbocycles. The van der Waals surface area contributed by atoms with Crippen LogP contribution in [0.2, 0.25) is 0 Å². The average molecular weight is 321 g/mol. The molecule has 2 heterocycles. The molecule has 1 amide bonds. The molecule has 0 spiro atoms. The molecule has 1 N–H and O–H groups in total. The molecule has 5 nitrogen and oxygen atoms in total. The summed E-state index contributed by atoms with van der Waals surface area (Å²) in [4.78, 5) is 12.5. The number of carbonyl (C=O) groups is 1. The largest absolute Gasteiger partial charge is 0.378 e. The number of aromatic nitrogens is 2. The number of nitrogens with zero attached hydrogens (tertiary/aromatic N) is 2. The first-order chi connectivity index (χ1) is 10.9. The first-order valence-electron chi connectivity index (χ1n) is 8.82. The molecule has 0 radical (unpaired) electrons. The van der Waals surface area contributed by atoms with Crippen LogP contribution in [0.3, 0.4) is 0 Å². The zero-order chi connectivity index (χ0) is 17.0. The molecule has 1 saturated heterocycles. The van der Waals surface area contributed by atoms with Crippen molar-refractivity contribution in [3.05, 3.63) is 17.5 Å². The Labute approximate surface area is 139 Å². The van der Waals surface area contributed by atoms with Crippen molar-refractivity contribution >= 4 is 5.91 Å². The molecule has 0 bridgehead atoms. The maximum atomic E-state index is 12.5. The minimum absolute atomic E-state index is 0.0226. The van der Waals surface area contributed by atoms with Crippen LogP contribution in [-0.4, -0.2) is 34.9 Å². The van der Waals surface area contributed by atoms with Crippen molar-refractivity contribution in [2.75, 3.05) is 13.2 Å². The van der Waals surface area contributed by atoms with Gasteiger partial charge in [0, 0.05) is 31.3 Å². The van der Waals surface area contributed by atoms with Gasteiger partial charge in [0.15, 0.2) is 0 Å². The molecule has 2 atom stereocenters. The lowest BCUT2D eigenvalue weighted by molar-refractivity contribution is -0.0510. The van der Waals surface area contributed by atoms with Gasteiger partial charge in [-0.1, -0.05) is 27.7 Å². The van der Waals surface area contributed by atoms with Gasteiger partial charge >= 0.3 is 0 Å². The monoisotopic (exact) mass is 321 g/mol. The van der Waals surface area contributed by atoms with E-state index in [1.165, 1.54) is 0 Å². The zero-order valence-corrected chi connectivity index (χ0v) is 15.1. The number of rotatable bonds is 6. The van der Waals surface area contributed by atoms with Gasteiger partial charge in [0.2, 0.25) is 0 Å². The Morgan fingerprint density at radius 3 is 2.83 bits per heavy atom. The van der Waals surface area contributed by atoms with E-state index in [0.29, 0.717) is 29.9 Å². The lowest BCUT2D eigenvalue weighted by atomic mass is 9.87. The van der Waals surface area contributed by atoms with E-state index < -0.39 is 0 Å². The second-order valence-electron chi connectivity index (χ2n) is 7.41. The third-order valence-corrected chi connectivity index (χ3v) is 4.56. The van der Waals surface area contributed by atoms with E-state index in [4.69, 9.17) is 4.74 Å². The SMILES string of the molecule is Cc1c(C(=O)NC[C@@H]2CCCO[C@H]2C(C)C)cnn1CC(C)C. The fourth-order valence-corrected chi connectivity index (χ4v) is 3.34. The van der Waals surface area contributed by atoms with E-state index in [1.807, 2.05) is 11.6 Å². The number of amides is 1. The normalized spacial score (nSPS) is 21.9. The first kappa shape index (κ1) is 18.0. The highest BCUT2D eigenvalue weighted by Gasteiger charge is 2.29. The highest BCUT2D eigenvalue weighted by atomic mass is 16.5. The standard InChI is InChI=1S/C18H31N3O2/c1-12(2)11-21-14(5)16(10-20-21)18(22)19-9-15-7-6-8-23-17(15)13(3)4/h10,12-13,15,17H,6-9,11H2,1-5H3,(H,19,22)/t15-,17-/m0/s1. The van der Waals surface area contributed by atoms with E-state index in [-0.39, 0.29) is 12.0 Å². The molecule has 0 unspecified atom stereocenters. The second-order valence-corrected chi connectivity index (χ2v) is 7.41. The molecule has 0 aromatic carbocycles. The number of ether oxygens (including phenoxy) is 1. The summed E-state index contributed by atoms with van der Waals surface area (Å²) >= 11 is 0. The van der Waals surface area contributed by atoms with Gasteiger partial charge in [0.05, 0.1) is 17.9 Å². The predicted octanol–water partition coefficient (Wildman–Crippen LogP) is 3.03. The predicted molar refractivity (Wildman–Crippen MR) is 91.4 cm³/mol. The van der Waals surface area contributed by atoms with Crippen molar-refractivity contribution in [3.8, 4) is 0 Å². The summed E-state index contributed by atoms with van der Waals surface area (Å²) in [6.45, 7) is 13.0. The number of nitrogens with one attached hydrogen (secondary N) is 1. The molecule has 2 rings (SSSR count). The van der Waals surface area contributed by atoms with Crippen molar-refractivity contribution < 1.29 is 9.53 Å². The average Bonchev–Trinajstić information content (AvgIpc) is 2.85. The fourth-order valence-electron chi connectivity index (χ4n) is 3.34. The molecule has 1 aromatic heterocycles. The van der Waals surface area contributed by atoms with Gasteiger partial charge in [-0.05, 0) is 31.6 Å². The smallest absolute Gasteiger partial charge is 0.254 e. The molecule has 1 fully saturated rings. The quantitative estimate of drug-likeness (QED) is 0.876. The fraction of sp³-hybridized carbons (Fsp3) is 0.778. The molecular weight excluding hydrogens is 290 g/mol. The summed E-state index contributed by atoms with van der Waals surface area (Å²) in [6.07, 6.45) is 4.13. The summed E-state index contributed by atoms with van der Waals surface area (Å²) < 4.78 is 7.81. The van der Waals surface area contributed by atoms with Crippen LogP contribution in [0.5, 0.6) is 0 Å². The van der Waals surface area contributed by atoms with Gasteiger partial charge < -0.3 is 10.1 Å². The van der Waals surface area contributed by atoms with Crippen molar-refractivity contribution in [1.82, 2.24) is 15.1 Å². The van der Waals surface area contributed by atoms with E-state index in [2.05, 4.69) is 38.1 Å². The van der Waals surface area contributed by atoms with Gasteiger partial charge in [0.25, 0.3) is 5.91 Å². The summed E-state index contributed by atoms with van der Waals surface area (Å²) in [5.41, 5.74) is 1.62. The summed E-state index contributed by atoms with van der Waals surface area (Å²) in [5, 5.41) is 7.43. The van der Waals surface area contributed by atoms with Crippen molar-refractivity contribution in [2.24, 2.45) is 17.8 Å². The highest BCUT2D eigenvalue weighted by Crippen LogP contribution is 2.25. The summed E-state index contributed by atoms with van der Waals surface area (Å²) in [6, 6.07) is 0. The third-order valence-electron chi connectivity index (χ3n) is 4.56. The van der Waals surface area contributed by atoms with Crippen LogP contribution in [-0.2, 0) is 11.3 Å². The van der Waals surface area contributed by atoms with E-state index in [1.54, 1.807) is 6.20 Å². The first-order valence-corrected chi connectivity index (χ1v) is 8.82. The van der Waals surface area contributed by atoms with E-state index in [0.717, 1.165) is 31.7 Å². The maximum Gasteiger partial charge on any atom is 0.254 e. The maximum absolute atomic E-state index is 12.5. The molecule has 1 aliphatic rings. The minimum atomic E-state index is -0.0226. The summed E-state index contributed by atoms with van der Waals surface area (Å²) in [5.74, 6) is 1.37. The van der Waals surface area contributed by atoms with Crippen LogP contribution >= 0.6 is 0 Å². The van der Waals surface area contributed by atoms with Gasteiger partial charge in [-0.15, -0.1) is 0 Å². The van der Waals surface area contributed by atoms with Gasteiger partial charge in [-0.25, -0.2) is 0 Å². The number of carbonyl (C=O) groups excluding carboxylic acids is 1. The van der Waals surface area contributed by atoms with Crippen molar-refractivity contribution in [2.45, 2.75) is 60.1 Å². The second kappa shape index (κ2) is 7.95. The Kier molecular flexibility index (Phi) is 6.22. The van der Waals surface area contributed by atoms with Crippen LogP contribution < -0.4 is 5.32 Å². The van der Waals surface area contributed by atoms with Crippen LogP contribution in [0.4, 0.5) is 0 Å². The van der Waals surface area contributed by atoms with Crippen LogP contribution in [0.25, 0.3) is 0 Å². The van der Waals surface area contributed by atoms with E-state index >= 15 is 0 Å². The molecule has 5 heteroatoms. The topological polar surface area (TPSA) is 56.1 Å². The third kappa shape index (κ3) is 4.56. The Morgan fingerprint density at radius 2 is 2.17 bits per heavy atom. The summed E-state index contributed by atoms with van der Waals surface area (Å²) in [7, 11) is 0. The lowest BCUT2D eigenvalue weighted by Gasteiger charge is -2.34. The van der Waals surface area contributed by atoms with Crippen molar-refractivity contribution in [1.29, 1.82) is 0 Å². The number of hydrogen-bond donors (Lipinski definition) is 1. The van der Waals surface area contributed by atoms with Gasteiger partial charge in [-0.3, -0.25) is 9.48 Å². The Hall–Kier alpha value is -1.36. The van der Waals surface area contributed by atoms with Gasteiger partial charge in [0.1, 0.15) is 0 Å². The molecule has 1 aliphatic heterocycles. The highest BCUT2D eigenvalue weighted by molar-refractivity contribution is 5.95. The molecule has 0 saturated carbocycles. The molecule has 23 heavy (non-hydrogen) atoms. The van der Waals surface area contributed by atoms with Gasteiger partial charge in [-0.2, -0.15) is 5.10 Å².